The molecule has 1 atom stereocenters. The monoisotopic (exact) mass is 647 g/mol. The van der Waals surface area contributed by atoms with Gasteiger partial charge in [0.05, 0.1) is 11.9 Å². The van der Waals surface area contributed by atoms with Gasteiger partial charge in [0.2, 0.25) is 21.8 Å². The third-order valence-electron chi connectivity index (χ3n) is 6.31. The highest BCUT2D eigenvalue weighted by Gasteiger charge is 2.30. The van der Waals surface area contributed by atoms with Crippen molar-refractivity contribution in [1.82, 2.24) is 10.2 Å². The molecule has 40 heavy (non-hydrogen) atoms. The minimum atomic E-state index is -3.61. The first-order valence-electron chi connectivity index (χ1n) is 13.2. The van der Waals surface area contributed by atoms with Gasteiger partial charge in [-0.2, -0.15) is 0 Å². The summed E-state index contributed by atoms with van der Waals surface area (Å²) in [5.74, 6) is -0.446. The molecule has 0 heterocycles. The molecule has 214 valence electrons. The molecular formula is C30H35BrClN3O4S. The van der Waals surface area contributed by atoms with Crippen molar-refractivity contribution in [3.05, 3.63) is 99.5 Å². The lowest BCUT2D eigenvalue weighted by Crippen LogP contribution is -2.50. The van der Waals surface area contributed by atoms with Gasteiger partial charge in [0.1, 0.15) is 6.04 Å². The van der Waals surface area contributed by atoms with Crippen molar-refractivity contribution in [2.75, 3.05) is 23.7 Å². The lowest BCUT2D eigenvalue weighted by atomic mass is 10.0. The van der Waals surface area contributed by atoms with E-state index in [2.05, 4.69) is 21.2 Å². The molecule has 2 amide bonds. The van der Waals surface area contributed by atoms with Gasteiger partial charge in [-0.1, -0.05) is 83.0 Å². The minimum absolute atomic E-state index is 0.0624. The maximum absolute atomic E-state index is 13.8. The van der Waals surface area contributed by atoms with E-state index in [1.807, 2.05) is 61.5 Å². The van der Waals surface area contributed by atoms with Gasteiger partial charge in [-0.25, -0.2) is 8.42 Å². The maximum Gasteiger partial charge on any atom is 0.243 e. The van der Waals surface area contributed by atoms with Crippen molar-refractivity contribution >= 4 is 55.1 Å². The van der Waals surface area contributed by atoms with E-state index in [0.29, 0.717) is 23.7 Å². The number of hydrogen-bond acceptors (Lipinski definition) is 4. The third-order valence-corrected chi connectivity index (χ3v) is 8.23. The molecule has 0 aliphatic carbocycles. The van der Waals surface area contributed by atoms with Gasteiger partial charge in [-0.05, 0) is 54.3 Å². The van der Waals surface area contributed by atoms with Gasteiger partial charge in [-0.15, -0.1) is 0 Å². The highest BCUT2D eigenvalue weighted by atomic mass is 79.9. The fraction of sp³-hybridized carbons (Fsp3) is 0.333. The second-order valence-electron chi connectivity index (χ2n) is 9.57. The van der Waals surface area contributed by atoms with Crippen molar-refractivity contribution < 1.29 is 18.0 Å². The largest absolute Gasteiger partial charge is 0.354 e. The Hall–Kier alpha value is -2.88. The number of amides is 2. The first-order valence-corrected chi connectivity index (χ1v) is 16.2. The van der Waals surface area contributed by atoms with Crippen LogP contribution >= 0.6 is 27.5 Å². The maximum atomic E-state index is 13.8. The van der Waals surface area contributed by atoms with Gasteiger partial charge in [0.15, 0.2) is 0 Å². The zero-order valence-electron chi connectivity index (χ0n) is 22.7. The second-order valence-corrected chi connectivity index (χ2v) is 12.8. The first kappa shape index (κ1) is 31.6. The molecule has 0 unspecified atom stereocenters. The molecule has 3 rings (SSSR count). The van der Waals surface area contributed by atoms with Crippen molar-refractivity contribution in [2.45, 2.75) is 45.2 Å². The van der Waals surface area contributed by atoms with Crippen molar-refractivity contribution in [3.63, 3.8) is 0 Å². The van der Waals surface area contributed by atoms with E-state index in [4.69, 9.17) is 11.6 Å². The zero-order valence-corrected chi connectivity index (χ0v) is 25.9. The van der Waals surface area contributed by atoms with Crippen LogP contribution < -0.4 is 9.62 Å². The predicted octanol–water partition coefficient (Wildman–Crippen LogP) is 5.82. The third kappa shape index (κ3) is 9.64. The highest BCUT2D eigenvalue weighted by Crippen LogP contribution is 2.23. The molecule has 0 saturated heterocycles. The summed E-state index contributed by atoms with van der Waals surface area (Å²) in [5.41, 5.74) is 2.26. The van der Waals surface area contributed by atoms with Crippen LogP contribution in [0, 0.1) is 0 Å². The fourth-order valence-corrected chi connectivity index (χ4v) is 5.98. The average molecular weight is 649 g/mol. The quantitative estimate of drug-likeness (QED) is 0.239. The summed E-state index contributed by atoms with van der Waals surface area (Å²) in [6.45, 7) is 2.82. The minimum Gasteiger partial charge on any atom is -0.354 e. The summed E-state index contributed by atoms with van der Waals surface area (Å²) in [6, 6.07) is 23.1. The molecule has 0 fully saturated rings. The number of anilines is 1. The van der Waals surface area contributed by atoms with Crippen molar-refractivity contribution in [3.8, 4) is 0 Å². The van der Waals surface area contributed by atoms with Crippen LogP contribution in [-0.2, 0) is 32.6 Å². The Bertz CT molecular complexity index is 1390. The van der Waals surface area contributed by atoms with Crippen LogP contribution in [0.2, 0.25) is 5.02 Å². The Morgan fingerprint density at radius 2 is 1.68 bits per heavy atom. The Morgan fingerprint density at radius 1 is 0.975 bits per heavy atom. The summed E-state index contributed by atoms with van der Waals surface area (Å²) in [5, 5.41) is 3.38. The summed E-state index contributed by atoms with van der Waals surface area (Å²) in [7, 11) is -3.61. The number of sulfonamides is 1. The van der Waals surface area contributed by atoms with Crippen LogP contribution in [0.3, 0.4) is 0 Å². The number of halogens is 2. The molecular weight excluding hydrogens is 614 g/mol. The molecule has 0 saturated carbocycles. The van der Waals surface area contributed by atoms with E-state index < -0.39 is 16.1 Å². The van der Waals surface area contributed by atoms with Gasteiger partial charge in [-0.3, -0.25) is 13.9 Å². The second kappa shape index (κ2) is 15.2. The van der Waals surface area contributed by atoms with Gasteiger partial charge in [0.25, 0.3) is 0 Å². The van der Waals surface area contributed by atoms with Crippen LogP contribution in [0.1, 0.15) is 37.3 Å². The molecule has 0 radical (unpaired) electrons. The lowest BCUT2D eigenvalue weighted by molar-refractivity contribution is -0.141. The Morgan fingerprint density at radius 3 is 2.33 bits per heavy atom. The highest BCUT2D eigenvalue weighted by molar-refractivity contribution is 9.10. The summed E-state index contributed by atoms with van der Waals surface area (Å²) < 4.78 is 27.2. The molecule has 0 aromatic heterocycles. The van der Waals surface area contributed by atoms with E-state index in [1.165, 1.54) is 4.31 Å². The number of carbonyl (C=O) groups excluding carboxylic acids is 2. The summed E-state index contributed by atoms with van der Waals surface area (Å²) in [6.07, 6.45) is 2.58. The van der Waals surface area contributed by atoms with Crippen LogP contribution in [0.4, 0.5) is 5.69 Å². The number of rotatable bonds is 14. The number of carbonyl (C=O) groups is 2. The Labute approximate surface area is 250 Å². The zero-order chi connectivity index (χ0) is 29.1. The van der Waals surface area contributed by atoms with Gasteiger partial charge < -0.3 is 10.2 Å². The van der Waals surface area contributed by atoms with Gasteiger partial charge in [0, 0.05) is 42.0 Å². The number of nitrogens with zero attached hydrogens (tertiary/aromatic N) is 2. The molecule has 1 N–H and O–H groups in total. The number of benzene rings is 3. The van der Waals surface area contributed by atoms with Crippen LogP contribution in [0.15, 0.2) is 83.3 Å². The van der Waals surface area contributed by atoms with E-state index >= 15 is 0 Å². The smallest absolute Gasteiger partial charge is 0.243 e. The van der Waals surface area contributed by atoms with E-state index in [1.54, 1.807) is 29.2 Å². The van der Waals surface area contributed by atoms with E-state index in [0.717, 1.165) is 28.3 Å². The fourth-order valence-electron chi connectivity index (χ4n) is 4.39. The first-order chi connectivity index (χ1) is 19.1. The topological polar surface area (TPSA) is 86.8 Å². The van der Waals surface area contributed by atoms with Crippen LogP contribution in [0.5, 0.6) is 0 Å². The van der Waals surface area contributed by atoms with E-state index in [-0.39, 0.29) is 37.7 Å². The summed E-state index contributed by atoms with van der Waals surface area (Å²) in [4.78, 5) is 28.9. The lowest BCUT2D eigenvalue weighted by Gasteiger charge is -2.32. The summed E-state index contributed by atoms with van der Waals surface area (Å²) >= 11 is 9.59. The molecule has 3 aromatic carbocycles. The van der Waals surface area contributed by atoms with Gasteiger partial charge >= 0.3 is 0 Å². The molecule has 0 spiro atoms. The molecule has 0 aliphatic rings. The van der Waals surface area contributed by atoms with Crippen molar-refractivity contribution in [1.29, 1.82) is 0 Å². The molecule has 7 nitrogen and oxygen atoms in total. The Balaban J connectivity index is 1.87. The number of nitrogens with one attached hydrogen (secondary N) is 1. The molecule has 10 heteroatoms. The van der Waals surface area contributed by atoms with Crippen LogP contribution in [-0.4, -0.2) is 50.5 Å². The number of hydrogen-bond donors (Lipinski definition) is 1. The molecule has 0 bridgehead atoms. The van der Waals surface area contributed by atoms with E-state index in [9.17, 15) is 18.0 Å². The molecule has 0 aliphatic heterocycles. The normalized spacial score (nSPS) is 12.0. The van der Waals surface area contributed by atoms with Crippen LogP contribution in [0.25, 0.3) is 0 Å². The Kier molecular flexibility index (Phi) is 12.0. The van der Waals surface area contributed by atoms with Crippen molar-refractivity contribution in [2.24, 2.45) is 0 Å². The average Bonchev–Trinajstić information content (AvgIpc) is 2.91. The molecule has 3 aromatic rings. The SMILES string of the molecule is CCCNC(=O)[C@H](Cc1ccccc1)N(Cc1cccc(Br)c1)C(=O)CCCN(c1cccc(Cl)c1)S(C)(=O)=O. The standard InChI is InChI=1S/C30H35BrClN3O4S/c1-3-17-33-30(37)28(20-23-10-5-4-6-11-23)34(22-24-12-7-13-25(31)19-24)29(36)16-9-18-35(40(2,38)39)27-15-8-14-26(32)21-27/h4-8,10-15,19,21,28H,3,9,16-18,20,22H2,1-2H3,(H,33,37)/t28-/m0/s1. The predicted molar refractivity (Wildman–Crippen MR) is 165 cm³/mol.